The van der Waals surface area contributed by atoms with Crippen molar-refractivity contribution in [3.8, 4) is 17.0 Å². The van der Waals surface area contributed by atoms with Crippen LogP contribution in [0.15, 0.2) is 61.1 Å². The van der Waals surface area contributed by atoms with E-state index in [4.69, 9.17) is 4.74 Å². The molecule has 2 N–H and O–H groups in total. The van der Waals surface area contributed by atoms with E-state index >= 15 is 0 Å². The predicted octanol–water partition coefficient (Wildman–Crippen LogP) is 4.22. The summed E-state index contributed by atoms with van der Waals surface area (Å²) in [5.41, 5.74) is 4.70. The van der Waals surface area contributed by atoms with Crippen molar-refractivity contribution < 1.29 is 9.53 Å². The highest BCUT2D eigenvalue weighted by molar-refractivity contribution is 5.94. The Bertz CT molecular complexity index is 1260. The third kappa shape index (κ3) is 4.27. The SMILES string of the molecule is CNC(=O)c1ccc(C(C)CNc2cc(-c3ccc4c(ccn4C)c3)ncn2)c(OC)c1. The Morgan fingerprint density at radius 2 is 1.97 bits per heavy atom. The molecule has 0 saturated heterocycles. The van der Waals surface area contributed by atoms with Crippen LogP contribution in [-0.4, -0.2) is 41.1 Å². The quantitative estimate of drug-likeness (QED) is 0.460. The van der Waals surface area contributed by atoms with Crippen LogP contribution in [-0.2, 0) is 7.05 Å². The minimum Gasteiger partial charge on any atom is -0.496 e. The molecule has 7 heteroatoms. The van der Waals surface area contributed by atoms with Gasteiger partial charge in [-0.1, -0.05) is 19.1 Å². The lowest BCUT2D eigenvalue weighted by molar-refractivity contribution is 0.0962. The highest BCUT2D eigenvalue weighted by Gasteiger charge is 2.15. The number of fused-ring (bicyclic) bond motifs is 1. The first kappa shape index (κ1) is 21.4. The van der Waals surface area contributed by atoms with Crippen LogP contribution >= 0.6 is 0 Å². The van der Waals surface area contributed by atoms with Gasteiger partial charge >= 0.3 is 0 Å². The summed E-state index contributed by atoms with van der Waals surface area (Å²) in [7, 11) is 5.27. The van der Waals surface area contributed by atoms with Crippen LogP contribution in [0.3, 0.4) is 0 Å². The summed E-state index contributed by atoms with van der Waals surface area (Å²) < 4.78 is 7.63. The van der Waals surface area contributed by atoms with Crippen LogP contribution in [0, 0.1) is 0 Å². The van der Waals surface area contributed by atoms with Crippen LogP contribution in [0.1, 0.15) is 28.8 Å². The van der Waals surface area contributed by atoms with E-state index in [1.807, 2.05) is 25.2 Å². The minimum absolute atomic E-state index is 0.136. The second-order valence-electron chi connectivity index (χ2n) is 7.81. The zero-order valence-electron chi connectivity index (χ0n) is 18.7. The number of aromatic nitrogens is 3. The van der Waals surface area contributed by atoms with Crippen molar-refractivity contribution in [3.05, 3.63) is 72.2 Å². The maximum Gasteiger partial charge on any atom is 0.251 e. The summed E-state index contributed by atoms with van der Waals surface area (Å²) in [6.45, 7) is 2.76. The molecular formula is C25H27N5O2. The number of hydrogen-bond donors (Lipinski definition) is 2. The molecule has 7 nitrogen and oxygen atoms in total. The molecule has 0 bridgehead atoms. The van der Waals surface area contributed by atoms with Crippen LogP contribution in [0.2, 0.25) is 0 Å². The Morgan fingerprint density at radius 1 is 1.12 bits per heavy atom. The number of amides is 1. The molecule has 2 aromatic heterocycles. The van der Waals surface area contributed by atoms with Gasteiger partial charge in [0.25, 0.3) is 5.91 Å². The average molecular weight is 430 g/mol. The summed E-state index contributed by atoms with van der Waals surface area (Å²) >= 11 is 0. The van der Waals surface area contributed by atoms with E-state index in [1.54, 1.807) is 26.6 Å². The first-order valence-corrected chi connectivity index (χ1v) is 10.5. The molecule has 1 amide bonds. The van der Waals surface area contributed by atoms with Crippen LogP contribution < -0.4 is 15.4 Å². The Balaban J connectivity index is 1.50. The fourth-order valence-electron chi connectivity index (χ4n) is 3.82. The van der Waals surface area contributed by atoms with E-state index in [9.17, 15) is 4.79 Å². The highest BCUT2D eigenvalue weighted by Crippen LogP contribution is 2.29. The summed E-state index contributed by atoms with van der Waals surface area (Å²) in [6.07, 6.45) is 3.63. The first-order valence-electron chi connectivity index (χ1n) is 10.5. The topological polar surface area (TPSA) is 81.1 Å². The predicted molar refractivity (Wildman–Crippen MR) is 127 cm³/mol. The molecule has 164 valence electrons. The van der Waals surface area contributed by atoms with Crippen LogP contribution in [0.25, 0.3) is 22.2 Å². The Hall–Kier alpha value is -3.87. The van der Waals surface area contributed by atoms with Gasteiger partial charge in [0.1, 0.15) is 17.9 Å². The lowest BCUT2D eigenvalue weighted by atomic mass is 9.98. The number of aryl methyl sites for hydroxylation is 1. The molecule has 4 rings (SSSR count). The molecule has 4 aromatic rings. The molecule has 0 aliphatic carbocycles. The molecule has 0 aliphatic heterocycles. The Labute approximate surface area is 187 Å². The molecule has 2 aromatic carbocycles. The van der Waals surface area contributed by atoms with Crippen LogP contribution in [0.4, 0.5) is 5.82 Å². The number of carbonyl (C=O) groups excluding carboxylic acids is 1. The van der Waals surface area contributed by atoms with Gasteiger partial charge in [0.05, 0.1) is 12.8 Å². The number of anilines is 1. The van der Waals surface area contributed by atoms with Gasteiger partial charge in [-0.3, -0.25) is 4.79 Å². The molecule has 32 heavy (non-hydrogen) atoms. The van der Waals surface area contributed by atoms with E-state index in [0.717, 1.165) is 22.6 Å². The largest absolute Gasteiger partial charge is 0.496 e. The lowest BCUT2D eigenvalue weighted by Gasteiger charge is -2.17. The minimum atomic E-state index is -0.136. The summed E-state index contributed by atoms with van der Waals surface area (Å²) in [5, 5.41) is 7.22. The monoisotopic (exact) mass is 429 g/mol. The van der Waals surface area contributed by atoms with Gasteiger partial charge < -0.3 is 19.9 Å². The fraction of sp³-hybridized carbons (Fsp3) is 0.240. The number of methoxy groups -OCH3 is 1. The molecule has 0 spiro atoms. The first-order chi connectivity index (χ1) is 15.5. The van der Waals surface area contributed by atoms with Crippen molar-refractivity contribution >= 4 is 22.6 Å². The third-order valence-corrected chi connectivity index (χ3v) is 5.69. The number of carbonyl (C=O) groups is 1. The molecule has 1 unspecified atom stereocenters. The van der Waals surface area contributed by atoms with Gasteiger partial charge in [-0.05, 0) is 35.9 Å². The second-order valence-corrected chi connectivity index (χ2v) is 7.81. The van der Waals surface area contributed by atoms with Crippen molar-refractivity contribution in [2.75, 3.05) is 26.0 Å². The van der Waals surface area contributed by atoms with E-state index < -0.39 is 0 Å². The van der Waals surface area contributed by atoms with E-state index in [1.165, 1.54) is 10.9 Å². The maximum atomic E-state index is 11.9. The Morgan fingerprint density at radius 3 is 2.75 bits per heavy atom. The van der Waals surface area contributed by atoms with Gasteiger partial charge in [0.15, 0.2) is 0 Å². The van der Waals surface area contributed by atoms with Gasteiger partial charge in [-0.25, -0.2) is 9.97 Å². The number of nitrogens with one attached hydrogen (secondary N) is 2. The number of ether oxygens (including phenoxy) is 1. The molecule has 0 radical (unpaired) electrons. The summed E-state index contributed by atoms with van der Waals surface area (Å²) in [6, 6.07) is 15.9. The fourth-order valence-corrected chi connectivity index (χ4v) is 3.82. The van der Waals surface area contributed by atoms with Crippen molar-refractivity contribution in [1.82, 2.24) is 19.9 Å². The summed E-state index contributed by atoms with van der Waals surface area (Å²) in [5.74, 6) is 1.46. The maximum absolute atomic E-state index is 11.9. The molecule has 2 heterocycles. The molecular weight excluding hydrogens is 402 g/mol. The number of benzene rings is 2. The van der Waals surface area contributed by atoms with Crippen molar-refractivity contribution in [2.24, 2.45) is 7.05 Å². The van der Waals surface area contributed by atoms with Crippen molar-refractivity contribution in [1.29, 1.82) is 0 Å². The van der Waals surface area contributed by atoms with Gasteiger partial charge in [-0.15, -0.1) is 0 Å². The average Bonchev–Trinajstić information content (AvgIpc) is 3.21. The summed E-state index contributed by atoms with van der Waals surface area (Å²) in [4.78, 5) is 20.7. The molecule has 0 aliphatic rings. The van der Waals surface area contributed by atoms with Gasteiger partial charge in [-0.2, -0.15) is 0 Å². The smallest absolute Gasteiger partial charge is 0.251 e. The molecule has 1 atom stereocenters. The normalized spacial score (nSPS) is 11.9. The van der Waals surface area contributed by atoms with Crippen molar-refractivity contribution in [2.45, 2.75) is 12.8 Å². The molecule has 0 saturated carbocycles. The standard InChI is InChI=1S/C25H27N5O2/c1-16(20-7-5-19(25(31)26-2)12-23(20)32-4)14-27-24-13-21(28-15-29-24)17-6-8-22-18(11-17)9-10-30(22)3/h5-13,15-16H,14H2,1-4H3,(H,26,31)(H,27,28,29). The van der Waals surface area contributed by atoms with Gasteiger partial charge in [0.2, 0.25) is 0 Å². The zero-order valence-corrected chi connectivity index (χ0v) is 18.7. The molecule has 0 fully saturated rings. The number of rotatable bonds is 7. The number of hydrogen-bond acceptors (Lipinski definition) is 5. The lowest BCUT2D eigenvalue weighted by Crippen LogP contribution is -2.18. The van der Waals surface area contributed by atoms with Crippen LogP contribution in [0.5, 0.6) is 5.75 Å². The number of nitrogens with zero attached hydrogens (tertiary/aromatic N) is 3. The second kappa shape index (κ2) is 9.09. The zero-order chi connectivity index (χ0) is 22.7. The highest BCUT2D eigenvalue weighted by atomic mass is 16.5. The van der Waals surface area contributed by atoms with E-state index in [2.05, 4.69) is 62.6 Å². The van der Waals surface area contributed by atoms with Gasteiger partial charge in [0, 0.05) is 60.9 Å². The van der Waals surface area contributed by atoms with E-state index in [0.29, 0.717) is 17.9 Å². The van der Waals surface area contributed by atoms with E-state index in [-0.39, 0.29) is 11.8 Å². The van der Waals surface area contributed by atoms with Crippen molar-refractivity contribution in [3.63, 3.8) is 0 Å². The Kier molecular flexibility index (Phi) is 6.07. The third-order valence-electron chi connectivity index (χ3n) is 5.69.